The molecule has 1 rings (SSSR count). The molecule has 0 heterocycles. The lowest BCUT2D eigenvalue weighted by Gasteiger charge is -2.16. The topological polar surface area (TPSA) is 18.5 Å². The van der Waals surface area contributed by atoms with Gasteiger partial charge in [0.15, 0.2) is 6.29 Å². The van der Waals surface area contributed by atoms with Crippen LogP contribution in [0.25, 0.3) is 6.08 Å². The van der Waals surface area contributed by atoms with Crippen LogP contribution in [0.15, 0.2) is 30.8 Å². The van der Waals surface area contributed by atoms with Crippen LogP contribution in [-0.4, -0.2) is 29.0 Å². The summed E-state index contributed by atoms with van der Waals surface area (Å²) in [5.41, 5.74) is 2.63. The number of benzene rings is 1. The Morgan fingerprint density at radius 3 is 2.33 bits per heavy atom. The highest BCUT2D eigenvalue weighted by molar-refractivity contribution is 6.35. The van der Waals surface area contributed by atoms with Crippen molar-refractivity contribution in [2.75, 3.05) is 13.2 Å². The Morgan fingerprint density at radius 2 is 1.76 bits per heavy atom. The smallest absolute Gasteiger partial charge is 0.154 e. The van der Waals surface area contributed by atoms with Crippen LogP contribution in [0.2, 0.25) is 12.1 Å². The minimum absolute atomic E-state index is 0.0503. The zero-order valence-corrected chi connectivity index (χ0v) is 15.1. The van der Waals surface area contributed by atoms with Crippen molar-refractivity contribution in [3.05, 3.63) is 42.0 Å². The number of ether oxygens (including phenoxy) is 2. The summed E-state index contributed by atoms with van der Waals surface area (Å²) in [6.07, 6.45) is 5.75. The van der Waals surface area contributed by atoms with Crippen LogP contribution < -0.4 is 0 Å². The fraction of sp³-hybridized carbons (Fsp3) is 0.556. The quantitative estimate of drug-likeness (QED) is 0.329. The minimum atomic E-state index is -0.0503. The third kappa shape index (κ3) is 8.20. The van der Waals surface area contributed by atoms with Gasteiger partial charge >= 0.3 is 0 Å². The fourth-order valence-corrected chi connectivity index (χ4v) is 4.06. The van der Waals surface area contributed by atoms with Gasteiger partial charge in [-0.05, 0) is 43.9 Å². The Balaban J connectivity index is 2.09. The Bertz CT molecular complexity index is 369. The number of unbranched alkanes of at least 4 members (excludes halogenated alkanes) is 1. The normalized spacial score (nSPS) is 11.6. The van der Waals surface area contributed by atoms with Gasteiger partial charge in [0.05, 0.1) is 0 Å². The van der Waals surface area contributed by atoms with Crippen molar-refractivity contribution in [1.82, 2.24) is 0 Å². The molecule has 21 heavy (non-hydrogen) atoms. The molecule has 0 fully saturated rings. The van der Waals surface area contributed by atoms with Crippen molar-refractivity contribution in [2.45, 2.75) is 51.5 Å². The standard InChI is InChI=1S/C18H30O2Si/c1-4-16-10-12-17(13-11-16)9-7-8-14-21-15-18(19-5-2)20-6-3/h4,10-13,18H,1,5-9,14-15,21H2,2-3H3. The van der Waals surface area contributed by atoms with Crippen LogP contribution in [0.1, 0.15) is 37.8 Å². The summed E-state index contributed by atoms with van der Waals surface area (Å²) in [5.74, 6) is 0. The first-order chi connectivity index (χ1) is 10.3. The summed E-state index contributed by atoms with van der Waals surface area (Å²) >= 11 is 0. The molecular formula is C18H30O2Si. The zero-order chi connectivity index (χ0) is 15.3. The van der Waals surface area contributed by atoms with Crippen molar-refractivity contribution in [1.29, 1.82) is 0 Å². The lowest BCUT2D eigenvalue weighted by Crippen LogP contribution is -2.18. The fourth-order valence-electron chi connectivity index (χ4n) is 2.40. The molecule has 1 aromatic carbocycles. The summed E-state index contributed by atoms with van der Waals surface area (Å²) in [6, 6.07) is 11.3. The van der Waals surface area contributed by atoms with Crippen molar-refractivity contribution in [3.63, 3.8) is 0 Å². The van der Waals surface area contributed by atoms with E-state index in [4.69, 9.17) is 9.47 Å². The van der Waals surface area contributed by atoms with Gasteiger partial charge in [-0.25, -0.2) is 0 Å². The molecule has 0 amide bonds. The molecule has 0 aromatic heterocycles. The van der Waals surface area contributed by atoms with Gasteiger partial charge < -0.3 is 9.47 Å². The molecule has 3 heteroatoms. The van der Waals surface area contributed by atoms with Gasteiger partial charge in [-0.2, -0.15) is 0 Å². The van der Waals surface area contributed by atoms with Crippen LogP contribution in [0.3, 0.4) is 0 Å². The highest BCUT2D eigenvalue weighted by Crippen LogP contribution is 2.11. The van der Waals surface area contributed by atoms with Gasteiger partial charge in [0.25, 0.3) is 0 Å². The van der Waals surface area contributed by atoms with Crippen LogP contribution >= 0.6 is 0 Å². The number of rotatable bonds is 12. The average molecular weight is 307 g/mol. The summed E-state index contributed by atoms with van der Waals surface area (Å²) in [7, 11) is -0.0503. The van der Waals surface area contributed by atoms with E-state index in [1.807, 2.05) is 19.9 Å². The van der Waals surface area contributed by atoms with E-state index in [9.17, 15) is 0 Å². The molecule has 0 unspecified atom stereocenters. The first-order valence-corrected chi connectivity index (χ1v) is 10.2. The first-order valence-electron chi connectivity index (χ1n) is 8.24. The molecule has 118 valence electrons. The lowest BCUT2D eigenvalue weighted by atomic mass is 10.1. The van der Waals surface area contributed by atoms with Gasteiger partial charge in [-0.1, -0.05) is 49.4 Å². The number of hydrogen-bond donors (Lipinski definition) is 0. The largest absolute Gasteiger partial charge is 0.353 e. The van der Waals surface area contributed by atoms with Gasteiger partial charge in [0, 0.05) is 22.7 Å². The maximum Gasteiger partial charge on any atom is 0.154 e. The monoisotopic (exact) mass is 306 g/mol. The second-order valence-electron chi connectivity index (χ2n) is 5.24. The first kappa shape index (κ1) is 18.1. The Labute approximate surface area is 132 Å². The Morgan fingerprint density at radius 1 is 1.10 bits per heavy atom. The summed E-state index contributed by atoms with van der Waals surface area (Å²) in [5, 5.41) is 0. The highest BCUT2D eigenvalue weighted by Gasteiger charge is 2.07. The van der Waals surface area contributed by atoms with Crippen molar-refractivity contribution in [2.24, 2.45) is 0 Å². The Kier molecular flexibility index (Phi) is 10.1. The van der Waals surface area contributed by atoms with Crippen LogP contribution in [0, 0.1) is 0 Å². The van der Waals surface area contributed by atoms with E-state index >= 15 is 0 Å². The van der Waals surface area contributed by atoms with E-state index in [-0.39, 0.29) is 15.8 Å². The van der Waals surface area contributed by atoms with E-state index in [0.717, 1.165) is 19.3 Å². The lowest BCUT2D eigenvalue weighted by molar-refractivity contribution is -0.123. The van der Waals surface area contributed by atoms with Gasteiger partial charge in [-0.15, -0.1) is 0 Å². The molecule has 0 spiro atoms. The van der Waals surface area contributed by atoms with E-state index in [1.165, 1.54) is 36.4 Å². The predicted molar refractivity (Wildman–Crippen MR) is 94.7 cm³/mol. The second kappa shape index (κ2) is 11.7. The molecule has 0 N–H and O–H groups in total. The predicted octanol–water partition coefficient (Wildman–Crippen LogP) is 4.06. The Hall–Kier alpha value is -0.903. The second-order valence-corrected chi connectivity index (χ2v) is 7.23. The molecule has 0 bridgehead atoms. The molecule has 0 saturated carbocycles. The van der Waals surface area contributed by atoms with E-state index in [1.54, 1.807) is 0 Å². The van der Waals surface area contributed by atoms with Crippen molar-refractivity contribution in [3.8, 4) is 0 Å². The van der Waals surface area contributed by atoms with E-state index < -0.39 is 0 Å². The van der Waals surface area contributed by atoms with Gasteiger partial charge in [0.1, 0.15) is 0 Å². The summed E-state index contributed by atoms with van der Waals surface area (Å²) in [6.45, 7) is 9.35. The molecule has 0 atom stereocenters. The molecule has 0 aliphatic rings. The third-order valence-electron chi connectivity index (χ3n) is 3.58. The number of hydrogen-bond acceptors (Lipinski definition) is 2. The third-order valence-corrected chi connectivity index (χ3v) is 5.46. The molecular weight excluding hydrogens is 276 g/mol. The molecule has 0 saturated heterocycles. The van der Waals surface area contributed by atoms with Crippen LogP contribution in [-0.2, 0) is 15.9 Å². The van der Waals surface area contributed by atoms with Crippen LogP contribution in [0.4, 0.5) is 0 Å². The molecule has 0 aliphatic carbocycles. The molecule has 1 aromatic rings. The van der Waals surface area contributed by atoms with E-state index in [2.05, 4.69) is 30.8 Å². The van der Waals surface area contributed by atoms with Gasteiger partial charge in [-0.3, -0.25) is 0 Å². The van der Waals surface area contributed by atoms with Crippen LogP contribution in [0.5, 0.6) is 0 Å². The maximum atomic E-state index is 5.58. The maximum absolute atomic E-state index is 5.58. The summed E-state index contributed by atoms with van der Waals surface area (Å²) in [4.78, 5) is 0. The summed E-state index contributed by atoms with van der Waals surface area (Å²) < 4.78 is 11.2. The number of aryl methyl sites for hydroxylation is 1. The van der Waals surface area contributed by atoms with Crippen molar-refractivity contribution < 1.29 is 9.47 Å². The minimum Gasteiger partial charge on any atom is -0.353 e. The van der Waals surface area contributed by atoms with E-state index in [0.29, 0.717) is 0 Å². The SMILES string of the molecule is C=Cc1ccc(CCCC[SiH2]CC(OCC)OCC)cc1. The van der Waals surface area contributed by atoms with Gasteiger partial charge in [0.2, 0.25) is 0 Å². The van der Waals surface area contributed by atoms with Crippen molar-refractivity contribution >= 4 is 15.6 Å². The average Bonchev–Trinajstić information content (AvgIpc) is 2.51. The zero-order valence-electron chi connectivity index (χ0n) is 13.6. The highest BCUT2D eigenvalue weighted by atomic mass is 28.2. The molecule has 0 radical (unpaired) electrons. The molecule has 0 aliphatic heterocycles. The molecule has 2 nitrogen and oxygen atoms in total.